The molecule has 0 spiro atoms. The van der Waals surface area contributed by atoms with Crippen molar-refractivity contribution in [3.8, 4) is 11.4 Å². The number of amides is 1. The Morgan fingerprint density at radius 1 is 1.09 bits per heavy atom. The number of carbonyl (C=O) groups is 1. The molecule has 3 heterocycles. The lowest BCUT2D eigenvalue weighted by Gasteiger charge is -2.17. The first-order valence-corrected chi connectivity index (χ1v) is 11.3. The van der Waals surface area contributed by atoms with E-state index in [0.717, 1.165) is 16.7 Å². The molecular formula is C25H26N6O4. The molecule has 1 fully saturated rings. The standard InChI is InChI=1S/C25H26N6O4/c1-14-7-6-10-16(11-14)21-29-22(27-12-15-8-4-3-5-9-15)17-23(30-21)31(13-28-17)25-19(33)18(32)20(35-25)24(34)26-2/h3-11,13,18-20,25,32-33H,12H2,1-2H3,(H,26,34)(H,27,29,30)/t18-,19+,20-,25+/m0/s1. The van der Waals surface area contributed by atoms with Gasteiger partial charge >= 0.3 is 0 Å². The van der Waals surface area contributed by atoms with Crippen LogP contribution in [0.15, 0.2) is 60.9 Å². The van der Waals surface area contributed by atoms with Gasteiger partial charge in [-0.1, -0.05) is 54.1 Å². The molecule has 1 saturated heterocycles. The molecule has 1 aliphatic rings. The second-order valence-corrected chi connectivity index (χ2v) is 8.47. The van der Waals surface area contributed by atoms with Gasteiger partial charge in [0, 0.05) is 19.2 Å². The third-order valence-corrected chi connectivity index (χ3v) is 6.02. The molecule has 2 aromatic heterocycles. The Morgan fingerprint density at radius 3 is 2.63 bits per heavy atom. The second kappa shape index (κ2) is 9.41. The van der Waals surface area contributed by atoms with E-state index in [1.807, 2.05) is 61.5 Å². The van der Waals surface area contributed by atoms with Gasteiger partial charge in [-0.2, -0.15) is 0 Å². The number of aliphatic hydroxyl groups is 2. The molecule has 180 valence electrons. The van der Waals surface area contributed by atoms with E-state index in [2.05, 4.69) is 15.6 Å². The molecular weight excluding hydrogens is 448 g/mol. The van der Waals surface area contributed by atoms with E-state index in [0.29, 0.717) is 29.4 Å². The van der Waals surface area contributed by atoms with E-state index in [-0.39, 0.29) is 0 Å². The van der Waals surface area contributed by atoms with Crippen molar-refractivity contribution in [1.82, 2.24) is 24.8 Å². The highest BCUT2D eigenvalue weighted by atomic mass is 16.6. The van der Waals surface area contributed by atoms with Crippen molar-refractivity contribution in [2.24, 2.45) is 0 Å². The van der Waals surface area contributed by atoms with Crippen molar-refractivity contribution >= 4 is 22.9 Å². The van der Waals surface area contributed by atoms with Crippen LogP contribution < -0.4 is 10.6 Å². The van der Waals surface area contributed by atoms with Crippen molar-refractivity contribution in [2.75, 3.05) is 12.4 Å². The Kier molecular flexibility index (Phi) is 6.16. The van der Waals surface area contributed by atoms with Gasteiger partial charge in [0.15, 0.2) is 35.1 Å². The average Bonchev–Trinajstić information content (AvgIpc) is 3.43. The lowest BCUT2D eigenvalue weighted by Crippen LogP contribution is -2.41. The van der Waals surface area contributed by atoms with Gasteiger partial charge in [-0.25, -0.2) is 15.0 Å². The lowest BCUT2D eigenvalue weighted by molar-refractivity contribution is -0.137. The van der Waals surface area contributed by atoms with Crippen LogP contribution in [-0.4, -0.2) is 61.0 Å². The molecule has 5 rings (SSSR count). The molecule has 0 unspecified atom stereocenters. The Hall–Kier alpha value is -3.86. The minimum absolute atomic E-state index is 0.404. The number of hydrogen-bond acceptors (Lipinski definition) is 8. The maximum atomic E-state index is 12.1. The molecule has 4 N–H and O–H groups in total. The van der Waals surface area contributed by atoms with Gasteiger partial charge in [-0.3, -0.25) is 9.36 Å². The minimum Gasteiger partial charge on any atom is -0.387 e. The van der Waals surface area contributed by atoms with Crippen molar-refractivity contribution in [3.05, 3.63) is 72.1 Å². The number of aryl methyl sites for hydroxylation is 1. The monoisotopic (exact) mass is 474 g/mol. The Morgan fingerprint density at radius 2 is 1.89 bits per heavy atom. The molecule has 0 bridgehead atoms. The van der Waals surface area contributed by atoms with Crippen molar-refractivity contribution < 1.29 is 19.7 Å². The fraction of sp³-hybridized carbons (Fsp3) is 0.280. The number of imidazole rings is 1. The number of hydrogen-bond donors (Lipinski definition) is 4. The van der Waals surface area contributed by atoms with Crippen molar-refractivity contribution in [1.29, 1.82) is 0 Å². The maximum Gasteiger partial charge on any atom is 0.251 e. The number of anilines is 1. The number of ether oxygens (including phenoxy) is 1. The summed E-state index contributed by atoms with van der Waals surface area (Å²) in [5.41, 5.74) is 3.83. The van der Waals surface area contributed by atoms with Gasteiger partial charge in [-0.15, -0.1) is 0 Å². The zero-order valence-corrected chi connectivity index (χ0v) is 19.3. The first-order chi connectivity index (χ1) is 17.0. The Bertz CT molecular complexity index is 1360. The summed E-state index contributed by atoms with van der Waals surface area (Å²) in [6.45, 7) is 2.51. The van der Waals surface area contributed by atoms with Crippen LogP contribution in [0.1, 0.15) is 17.4 Å². The van der Waals surface area contributed by atoms with Gasteiger partial charge in [0.1, 0.15) is 12.2 Å². The highest BCUT2D eigenvalue weighted by molar-refractivity contribution is 5.85. The molecule has 0 aliphatic carbocycles. The number of carbonyl (C=O) groups excluding carboxylic acids is 1. The molecule has 10 heteroatoms. The first kappa shape index (κ1) is 22.9. The summed E-state index contributed by atoms with van der Waals surface area (Å²) in [5.74, 6) is 0.461. The summed E-state index contributed by atoms with van der Waals surface area (Å²) in [4.78, 5) is 26.1. The minimum atomic E-state index is -1.40. The molecule has 1 amide bonds. The zero-order chi connectivity index (χ0) is 24.5. The highest BCUT2D eigenvalue weighted by Gasteiger charge is 2.47. The van der Waals surface area contributed by atoms with Crippen LogP contribution in [0, 0.1) is 6.92 Å². The lowest BCUT2D eigenvalue weighted by atomic mass is 10.1. The third kappa shape index (κ3) is 4.34. The van der Waals surface area contributed by atoms with Gasteiger partial charge in [0.05, 0.1) is 6.33 Å². The molecule has 10 nitrogen and oxygen atoms in total. The third-order valence-electron chi connectivity index (χ3n) is 6.02. The van der Waals surface area contributed by atoms with Gasteiger partial charge in [0.2, 0.25) is 0 Å². The summed E-state index contributed by atoms with van der Waals surface area (Å²) >= 11 is 0. The fourth-order valence-electron chi connectivity index (χ4n) is 4.17. The van der Waals surface area contributed by atoms with Crippen LogP contribution >= 0.6 is 0 Å². The molecule has 2 aromatic carbocycles. The molecule has 0 radical (unpaired) electrons. The molecule has 0 saturated carbocycles. The number of likely N-dealkylation sites (N-methyl/N-ethyl adjacent to an activating group) is 1. The van der Waals surface area contributed by atoms with E-state index in [4.69, 9.17) is 14.7 Å². The number of aliphatic hydroxyl groups excluding tert-OH is 2. The number of nitrogens with one attached hydrogen (secondary N) is 2. The second-order valence-electron chi connectivity index (χ2n) is 8.47. The number of benzene rings is 2. The number of rotatable bonds is 6. The van der Waals surface area contributed by atoms with Gasteiger partial charge in [0.25, 0.3) is 5.91 Å². The van der Waals surface area contributed by atoms with Crippen LogP contribution in [0.25, 0.3) is 22.6 Å². The predicted molar refractivity (Wildman–Crippen MR) is 129 cm³/mol. The topological polar surface area (TPSA) is 134 Å². The van der Waals surface area contributed by atoms with Crippen LogP contribution in [0.3, 0.4) is 0 Å². The number of nitrogens with zero attached hydrogens (tertiary/aromatic N) is 4. The number of aromatic nitrogens is 4. The zero-order valence-electron chi connectivity index (χ0n) is 19.3. The maximum absolute atomic E-state index is 12.1. The van der Waals surface area contributed by atoms with E-state index >= 15 is 0 Å². The quantitative estimate of drug-likeness (QED) is 0.332. The SMILES string of the molecule is CNC(=O)[C@H]1O[C@@H](n2cnc3c(NCc4ccccc4)nc(-c4cccc(C)c4)nc32)[C@H](O)[C@@H]1O. The highest BCUT2D eigenvalue weighted by Crippen LogP contribution is 2.33. The van der Waals surface area contributed by atoms with E-state index in [1.165, 1.54) is 17.9 Å². The van der Waals surface area contributed by atoms with Crippen LogP contribution in [0.2, 0.25) is 0 Å². The summed E-state index contributed by atoms with van der Waals surface area (Å²) < 4.78 is 7.28. The summed E-state index contributed by atoms with van der Waals surface area (Å²) in [5, 5.41) is 26.9. The summed E-state index contributed by atoms with van der Waals surface area (Å²) in [6.07, 6.45) is -3.55. The summed E-state index contributed by atoms with van der Waals surface area (Å²) in [7, 11) is 1.44. The van der Waals surface area contributed by atoms with Crippen LogP contribution in [0.5, 0.6) is 0 Å². The smallest absolute Gasteiger partial charge is 0.251 e. The number of fused-ring (bicyclic) bond motifs is 1. The molecule has 35 heavy (non-hydrogen) atoms. The Labute approximate surface area is 201 Å². The average molecular weight is 475 g/mol. The molecule has 4 aromatic rings. The van der Waals surface area contributed by atoms with Gasteiger partial charge in [-0.05, 0) is 18.6 Å². The van der Waals surface area contributed by atoms with Crippen LogP contribution in [-0.2, 0) is 16.1 Å². The van der Waals surface area contributed by atoms with Gasteiger partial charge < -0.3 is 25.6 Å². The van der Waals surface area contributed by atoms with Crippen molar-refractivity contribution in [2.45, 2.75) is 38.0 Å². The Balaban J connectivity index is 1.58. The van der Waals surface area contributed by atoms with E-state index in [1.54, 1.807) is 0 Å². The largest absolute Gasteiger partial charge is 0.387 e. The van der Waals surface area contributed by atoms with E-state index < -0.39 is 30.4 Å². The molecule has 1 aliphatic heterocycles. The normalized spacial score (nSPS) is 21.8. The summed E-state index contributed by atoms with van der Waals surface area (Å²) in [6, 6.07) is 17.7. The predicted octanol–water partition coefficient (Wildman–Crippen LogP) is 1.78. The first-order valence-electron chi connectivity index (χ1n) is 11.3. The fourth-order valence-corrected chi connectivity index (χ4v) is 4.17. The molecule has 4 atom stereocenters. The van der Waals surface area contributed by atoms with E-state index in [9.17, 15) is 15.0 Å². The van der Waals surface area contributed by atoms with Crippen LogP contribution in [0.4, 0.5) is 5.82 Å². The van der Waals surface area contributed by atoms with Crippen molar-refractivity contribution in [3.63, 3.8) is 0 Å².